The van der Waals surface area contributed by atoms with Crippen molar-refractivity contribution in [1.82, 2.24) is 0 Å². The molecule has 2 heterocycles. The van der Waals surface area contributed by atoms with Crippen molar-refractivity contribution in [2.45, 2.75) is 18.7 Å². The average Bonchev–Trinajstić information content (AvgIpc) is 2.53. The summed E-state index contributed by atoms with van der Waals surface area (Å²) in [5.74, 6) is -1.71. The molecule has 4 nitrogen and oxygen atoms in total. The van der Waals surface area contributed by atoms with Gasteiger partial charge in [0.15, 0.2) is 0 Å². The van der Waals surface area contributed by atoms with Crippen LogP contribution in [0.1, 0.15) is 12.0 Å². The second kappa shape index (κ2) is 7.61. The molecule has 0 saturated carbocycles. The van der Waals surface area contributed by atoms with E-state index in [1.165, 1.54) is 12.1 Å². The molecule has 0 radical (unpaired) electrons. The third-order valence-electron chi connectivity index (χ3n) is 3.86. The Labute approximate surface area is 169 Å². The Morgan fingerprint density at radius 2 is 2.04 bits per heavy atom. The predicted octanol–water partition coefficient (Wildman–Crippen LogP) is 3.25. The number of hydrogen-bond donors (Lipinski definition) is 1. The van der Waals surface area contributed by atoms with Gasteiger partial charge < -0.3 is 14.7 Å². The van der Waals surface area contributed by atoms with E-state index in [0.29, 0.717) is 23.8 Å². The van der Waals surface area contributed by atoms with E-state index in [2.05, 4.69) is 0 Å². The quantitative estimate of drug-likeness (QED) is 0.629. The first-order valence-electron chi connectivity index (χ1n) is 7.19. The maximum atomic E-state index is 13.1. The molecular formula is C16H14ClF3NNaO3. The van der Waals surface area contributed by atoms with Crippen LogP contribution in [0.3, 0.4) is 0 Å². The van der Waals surface area contributed by atoms with Crippen molar-refractivity contribution in [2.75, 3.05) is 18.0 Å². The van der Waals surface area contributed by atoms with Crippen LogP contribution in [-0.2, 0) is 4.79 Å². The third-order valence-corrected chi connectivity index (χ3v) is 4.16. The van der Waals surface area contributed by atoms with Gasteiger partial charge in [-0.15, -0.1) is 0 Å². The predicted molar refractivity (Wildman–Crippen MR) is 90.7 cm³/mol. The van der Waals surface area contributed by atoms with E-state index in [9.17, 15) is 18.0 Å². The molecule has 1 N–H and O–H groups in total. The summed E-state index contributed by atoms with van der Waals surface area (Å²) in [6.07, 6.45) is -1.59. The van der Waals surface area contributed by atoms with Gasteiger partial charge in [-0.3, -0.25) is 0 Å². The second-order valence-electron chi connectivity index (χ2n) is 5.49. The number of fused-ring (bicyclic) bond motifs is 1. The number of aliphatic carboxylic acids is 1. The van der Waals surface area contributed by atoms with Gasteiger partial charge in [0.05, 0.1) is 16.3 Å². The first-order valence-corrected chi connectivity index (χ1v) is 7.57. The van der Waals surface area contributed by atoms with Crippen LogP contribution in [0.5, 0.6) is 5.75 Å². The van der Waals surface area contributed by atoms with E-state index in [0.717, 1.165) is 12.5 Å². The Balaban J connectivity index is 0.00000225. The molecule has 9 heteroatoms. The molecular weight excluding hydrogens is 370 g/mol. The van der Waals surface area contributed by atoms with Crippen molar-refractivity contribution in [3.8, 4) is 5.75 Å². The summed E-state index contributed by atoms with van der Waals surface area (Å²) in [5.41, 5.74) is -0.0817. The van der Waals surface area contributed by atoms with Gasteiger partial charge in [0, 0.05) is 24.7 Å². The normalized spacial score (nSPS) is 19.4. The number of hydrogen-bond acceptors (Lipinski definition) is 3. The van der Waals surface area contributed by atoms with E-state index in [1.54, 1.807) is 0 Å². The summed E-state index contributed by atoms with van der Waals surface area (Å²) in [6, 6.07) is 2.87. The number of halogens is 4. The Morgan fingerprint density at radius 1 is 1.32 bits per heavy atom. The summed E-state index contributed by atoms with van der Waals surface area (Å²) in [5, 5.41) is 9.36. The number of benzene rings is 1. The molecule has 0 fully saturated rings. The summed E-state index contributed by atoms with van der Waals surface area (Å²) in [4.78, 5) is 13.0. The molecule has 1 aromatic carbocycles. The minimum atomic E-state index is -4.82. The van der Waals surface area contributed by atoms with E-state index in [1.807, 2.05) is 17.1 Å². The number of anilines is 1. The molecule has 0 saturated heterocycles. The molecule has 1 unspecified atom stereocenters. The number of carbonyl (C=O) groups is 1. The van der Waals surface area contributed by atoms with Gasteiger partial charge in [-0.1, -0.05) is 23.8 Å². The van der Waals surface area contributed by atoms with E-state index >= 15 is 0 Å². The zero-order valence-corrected chi connectivity index (χ0v) is 13.1. The fourth-order valence-electron chi connectivity index (χ4n) is 2.73. The van der Waals surface area contributed by atoms with E-state index < -0.39 is 23.8 Å². The van der Waals surface area contributed by atoms with Crippen LogP contribution < -0.4 is 9.64 Å². The zero-order valence-electron chi connectivity index (χ0n) is 12.3. The topological polar surface area (TPSA) is 49.8 Å². The minimum absolute atomic E-state index is 0. The van der Waals surface area contributed by atoms with Crippen molar-refractivity contribution in [2.24, 2.45) is 0 Å². The second-order valence-corrected chi connectivity index (χ2v) is 5.90. The van der Waals surface area contributed by atoms with Gasteiger partial charge >= 0.3 is 41.7 Å². The number of alkyl halides is 3. The fourth-order valence-corrected chi connectivity index (χ4v) is 3.02. The van der Waals surface area contributed by atoms with Crippen molar-refractivity contribution >= 4 is 58.9 Å². The summed E-state index contributed by atoms with van der Waals surface area (Å²) >= 11 is 6.23. The van der Waals surface area contributed by atoms with E-state index in [-0.39, 0.29) is 40.9 Å². The molecule has 1 aromatic rings. The van der Waals surface area contributed by atoms with Crippen LogP contribution in [0.2, 0.25) is 5.02 Å². The average molecular weight is 384 g/mol. The van der Waals surface area contributed by atoms with Crippen LogP contribution >= 0.6 is 11.6 Å². The molecule has 1 atom stereocenters. The molecule has 0 aromatic heterocycles. The van der Waals surface area contributed by atoms with Crippen LogP contribution in [0.25, 0.3) is 6.08 Å². The maximum absolute atomic E-state index is 13.1. The summed E-state index contributed by atoms with van der Waals surface area (Å²) in [7, 11) is 0. The van der Waals surface area contributed by atoms with Crippen LogP contribution in [0.15, 0.2) is 29.9 Å². The Bertz CT molecular complexity index is 749. The molecule has 0 spiro atoms. The zero-order chi connectivity index (χ0) is 17.5. The van der Waals surface area contributed by atoms with Crippen molar-refractivity contribution in [3.63, 3.8) is 0 Å². The molecule has 25 heavy (non-hydrogen) atoms. The van der Waals surface area contributed by atoms with Gasteiger partial charge in [0.25, 0.3) is 0 Å². The third kappa shape index (κ3) is 4.16. The summed E-state index contributed by atoms with van der Waals surface area (Å²) < 4.78 is 44.3. The Morgan fingerprint density at radius 3 is 2.60 bits per heavy atom. The fraction of sp³-hybridized carbons (Fsp3) is 0.312. The van der Waals surface area contributed by atoms with Gasteiger partial charge in [0.2, 0.25) is 6.10 Å². The van der Waals surface area contributed by atoms with Gasteiger partial charge in [-0.25, -0.2) is 4.79 Å². The number of carboxylic acids is 1. The van der Waals surface area contributed by atoms with E-state index in [4.69, 9.17) is 21.4 Å². The number of rotatable bonds is 2. The van der Waals surface area contributed by atoms with Crippen LogP contribution in [-0.4, -0.2) is 66.0 Å². The monoisotopic (exact) mass is 383 g/mol. The standard InChI is InChI=1S/C16H13ClF3NO3.Na.H/c17-11-7-9-6-10(15(22)23)14(16(18,19)20)24-13(9)8-12(11)21-4-2-1-3-5-21;;/h1-2,6-8,14H,3-5H2,(H,22,23);;. The number of carboxylic acid groups (broad SMARTS) is 1. The molecule has 2 aliphatic heterocycles. The van der Waals surface area contributed by atoms with Crippen molar-refractivity contribution in [3.05, 3.63) is 40.4 Å². The van der Waals surface area contributed by atoms with Crippen LogP contribution in [0, 0.1) is 0 Å². The molecule has 2 aliphatic rings. The Kier molecular flexibility index (Phi) is 6.14. The van der Waals surface area contributed by atoms with Crippen molar-refractivity contribution < 1.29 is 27.8 Å². The molecule has 0 aliphatic carbocycles. The Hall–Kier alpha value is -1.15. The van der Waals surface area contributed by atoms with Gasteiger partial charge in [-0.05, 0) is 18.6 Å². The number of nitrogens with zero attached hydrogens (tertiary/aromatic N) is 1. The molecule has 3 rings (SSSR count). The molecule has 130 valence electrons. The molecule has 0 amide bonds. The van der Waals surface area contributed by atoms with Crippen molar-refractivity contribution in [1.29, 1.82) is 0 Å². The van der Waals surface area contributed by atoms with Gasteiger partial charge in [-0.2, -0.15) is 13.2 Å². The van der Waals surface area contributed by atoms with Gasteiger partial charge in [0.1, 0.15) is 5.75 Å². The first-order chi connectivity index (χ1) is 11.3. The first kappa shape index (κ1) is 20.2. The van der Waals surface area contributed by atoms with Crippen LogP contribution in [0.4, 0.5) is 18.9 Å². The number of ether oxygens (including phenoxy) is 1. The SMILES string of the molecule is O=C(O)C1=Cc2cc(Cl)c(N3CC=CCC3)cc2OC1C(F)(F)F.[NaH]. The molecule has 0 bridgehead atoms. The summed E-state index contributed by atoms with van der Waals surface area (Å²) in [6.45, 7) is 1.28.